The summed E-state index contributed by atoms with van der Waals surface area (Å²) in [6.07, 6.45) is -0.485. The summed E-state index contributed by atoms with van der Waals surface area (Å²) in [5.74, 6) is -3.48. The summed E-state index contributed by atoms with van der Waals surface area (Å²) in [6, 6.07) is 4.88. The molecule has 0 spiro atoms. The number of aromatic nitrogens is 3. The van der Waals surface area contributed by atoms with Crippen LogP contribution in [-0.4, -0.2) is 37.6 Å². The monoisotopic (exact) mass is 235 g/mol. The van der Waals surface area contributed by atoms with Gasteiger partial charge >= 0.3 is 11.9 Å². The van der Waals surface area contributed by atoms with E-state index < -0.39 is 24.3 Å². The largest absolute Gasteiger partial charge is 0.481 e. The smallest absolute Gasteiger partial charge is 0.311 e. The number of carboxylic acids is 2. The molecule has 1 aromatic carbocycles. The summed E-state index contributed by atoms with van der Waals surface area (Å²) in [5.41, 5.74) is 1.33. The molecule has 7 nitrogen and oxygen atoms in total. The molecule has 7 heteroatoms. The van der Waals surface area contributed by atoms with Crippen LogP contribution in [0.15, 0.2) is 18.2 Å². The maximum Gasteiger partial charge on any atom is 0.311 e. The van der Waals surface area contributed by atoms with Gasteiger partial charge in [0, 0.05) is 0 Å². The molecule has 1 atom stereocenters. The Morgan fingerprint density at radius 3 is 2.76 bits per heavy atom. The molecule has 0 saturated heterocycles. The van der Waals surface area contributed by atoms with Crippen molar-refractivity contribution in [2.75, 3.05) is 0 Å². The zero-order chi connectivity index (χ0) is 12.4. The Morgan fingerprint density at radius 2 is 2.12 bits per heavy atom. The summed E-state index contributed by atoms with van der Waals surface area (Å²) in [4.78, 5) is 21.7. The highest BCUT2D eigenvalue weighted by Gasteiger charge is 2.25. The zero-order valence-corrected chi connectivity index (χ0v) is 8.62. The quantitative estimate of drug-likeness (QED) is 0.714. The highest BCUT2D eigenvalue weighted by molar-refractivity contribution is 5.88. The lowest BCUT2D eigenvalue weighted by Crippen LogP contribution is -2.16. The third-order valence-electron chi connectivity index (χ3n) is 2.44. The molecule has 0 aliphatic heterocycles. The Bertz CT molecular complexity index is 578. The number of H-pyrrole nitrogens is 1. The molecule has 17 heavy (non-hydrogen) atoms. The first-order valence-corrected chi connectivity index (χ1v) is 4.84. The van der Waals surface area contributed by atoms with Gasteiger partial charge in [0.05, 0.1) is 17.9 Å². The summed E-state index contributed by atoms with van der Waals surface area (Å²) in [7, 11) is 0. The molecule has 0 fully saturated rings. The maximum absolute atomic E-state index is 11.1. The van der Waals surface area contributed by atoms with Gasteiger partial charge in [0.1, 0.15) is 5.52 Å². The van der Waals surface area contributed by atoms with E-state index in [0.717, 1.165) is 0 Å². The van der Waals surface area contributed by atoms with Crippen LogP contribution in [0.4, 0.5) is 0 Å². The van der Waals surface area contributed by atoms with Crippen LogP contribution in [-0.2, 0) is 9.59 Å². The molecule has 1 aromatic heterocycles. The third kappa shape index (κ3) is 2.07. The van der Waals surface area contributed by atoms with E-state index in [1.807, 2.05) is 0 Å². The molecule has 1 heterocycles. The zero-order valence-electron chi connectivity index (χ0n) is 8.62. The van der Waals surface area contributed by atoms with Crippen LogP contribution in [0.3, 0.4) is 0 Å². The summed E-state index contributed by atoms with van der Waals surface area (Å²) >= 11 is 0. The molecule has 3 N–H and O–H groups in total. The fraction of sp³-hybridized carbons (Fsp3) is 0.200. The number of aliphatic carboxylic acids is 2. The molecule has 0 amide bonds. The van der Waals surface area contributed by atoms with Crippen molar-refractivity contribution >= 4 is 23.0 Å². The van der Waals surface area contributed by atoms with Crippen molar-refractivity contribution in [1.29, 1.82) is 0 Å². The fourth-order valence-electron chi connectivity index (χ4n) is 1.68. The Hall–Kier alpha value is -2.44. The molecular formula is C10H9N3O4. The minimum atomic E-state index is -1.19. The van der Waals surface area contributed by atoms with Gasteiger partial charge in [0.15, 0.2) is 0 Å². The van der Waals surface area contributed by atoms with Crippen LogP contribution < -0.4 is 0 Å². The second-order valence-corrected chi connectivity index (χ2v) is 3.54. The normalized spacial score (nSPS) is 12.5. The van der Waals surface area contributed by atoms with Crippen LogP contribution in [0.25, 0.3) is 11.0 Å². The Morgan fingerprint density at radius 1 is 1.35 bits per heavy atom. The molecule has 0 radical (unpaired) electrons. The number of nitrogens with one attached hydrogen (secondary N) is 1. The molecule has 2 aromatic rings. The third-order valence-corrected chi connectivity index (χ3v) is 2.44. The summed E-state index contributed by atoms with van der Waals surface area (Å²) in [5, 5.41) is 27.7. The molecular weight excluding hydrogens is 226 g/mol. The van der Waals surface area contributed by atoms with Gasteiger partial charge in [-0.2, -0.15) is 0 Å². The molecule has 1 unspecified atom stereocenters. The van der Waals surface area contributed by atoms with Crippen molar-refractivity contribution in [1.82, 2.24) is 15.4 Å². The van der Waals surface area contributed by atoms with Crippen LogP contribution in [0.1, 0.15) is 17.9 Å². The Balaban J connectivity index is 2.51. The Kier molecular flexibility index (Phi) is 2.73. The number of carboxylic acid groups (broad SMARTS) is 2. The van der Waals surface area contributed by atoms with Crippen LogP contribution in [0.2, 0.25) is 0 Å². The second kappa shape index (κ2) is 4.20. The van der Waals surface area contributed by atoms with Crippen molar-refractivity contribution in [2.24, 2.45) is 0 Å². The van der Waals surface area contributed by atoms with Crippen molar-refractivity contribution in [2.45, 2.75) is 12.3 Å². The molecule has 0 aliphatic carbocycles. The van der Waals surface area contributed by atoms with E-state index in [1.165, 1.54) is 0 Å². The first-order chi connectivity index (χ1) is 8.09. The van der Waals surface area contributed by atoms with Gasteiger partial charge < -0.3 is 10.2 Å². The van der Waals surface area contributed by atoms with Gasteiger partial charge in [-0.3, -0.25) is 14.7 Å². The maximum atomic E-state index is 11.1. The van der Waals surface area contributed by atoms with Gasteiger partial charge in [-0.15, -0.1) is 5.10 Å². The number of carbonyl (C=O) groups is 2. The molecule has 88 valence electrons. The van der Waals surface area contributed by atoms with E-state index >= 15 is 0 Å². The fourth-order valence-corrected chi connectivity index (χ4v) is 1.68. The van der Waals surface area contributed by atoms with Gasteiger partial charge in [0.25, 0.3) is 0 Å². The summed E-state index contributed by atoms with van der Waals surface area (Å²) < 4.78 is 0. The van der Waals surface area contributed by atoms with E-state index in [4.69, 9.17) is 10.2 Å². The standard InChI is InChI=1S/C10H9N3O4/c14-8(15)4-6(10(16)17)5-2-1-3-7-9(5)12-13-11-7/h1-3,6H,4H2,(H,14,15)(H,16,17)(H,11,12,13). The molecule has 2 rings (SSSR count). The average molecular weight is 235 g/mol. The summed E-state index contributed by atoms with van der Waals surface area (Å²) in [6.45, 7) is 0. The van der Waals surface area contributed by atoms with Crippen LogP contribution >= 0.6 is 0 Å². The predicted molar refractivity (Wildman–Crippen MR) is 56.5 cm³/mol. The highest BCUT2D eigenvalue weighted by atomic mass is 16.4. The number of hydrogen-bond acceptors (Lipinski definition) is 4. The van der Waals surface area contributed by atoms with E-state index in [9.17, 15) is 9.59 Å². The van der Waals surface area contributed by atoms with Crippen molar-refractivity contribution in [3.8, 4) is 0 Å². The Labute approximate surface area is 95.1 Å². The first-order valence-electron chi connectivity index (χ1n) is 4.84. The van der Waals surface area contributed by atoms with Crippen molar-refractivity contribution in [3.05, 3.63) is 23.8 Å². The SMILES string of the molecule is O=C(O)CC(C(=O)O)c1cccc2[nH]nnc12. The second-order valence-electron chi connectivity index (χ2n) is 3.54. The van der Waals surface area contributed by atoms with Crippen LogP contribution in [0, 0.1) is 0 Å². The molecule has 0 saturated carbocycles. The number of fused-ring (bicyclic) bond motifs is 1. The van der Waals surface area contributed by atoms with Gasteiger partial charge in [-0.25, -0.2) is 0 Å². The van der Waals surface area contributed by atoms with Gasteiger partial charge in [-0.05, 0) is 11.6 Å². The lowest BCUT2D eigenvalue weighted by molar-refractivity contribution is -0.145. The first kappa shape index (κ1) is 11.1. The van der Waals surface area contributed by atoms with Crippen LogP contribution in [0.5, 0.6) is 0 Å². The highest BCUT2D eigenvalue weighted by Crippen LogP contribution is 2.25. The number of rotatable bonds is 4. The van der Waals surface area contributed by atoms with Crippen molar-refractivity contribution < 1.29 is 19.8 Å². The predicted octanol–water partition coefficient (Wildman–Crippen LogP) is 0.601. The lowest BCUT2D eigenvalue weighted by atomic mass is 9.95. The molecule has 0 bridgehead atoms. The minimum absolute atomic E-state index is 0.353. The van der Waals surface area contributed by atoms with E-state index in [0.29, 0.717) is 16.6 Å². The minimum Gasteiger partial charge on any atom is -0.481 e. The number of nitrogens with zero attached hydrogens (tertiary/aromatic N) is 2. The van der Waals surface area contributed by atoms with Gasteiger partial charge in [-0.1, -0.05) is 17.3 Å². The van der Waals surface area contributed by atoms with Crippen molar-refractivity contribution in [3.63, 3.8) is 0 Å². The number of hydrogen-bond donors (Lipinski definition) is 3. The van der Waals surface area contributed by atoms with E-state index in [-0.39, 0.29) is 0 Å². The van der Waals surface area contributed by atoms with E-state index in [2.05, 4.69) is 15.4 Å². The number of benzene rings is 1. The molecule has 0 aliphatic rings. The lowest BCUT2D eigenvalue weighted by Gasteiger charge is -2.10. The number of aromatic amines is 1. The van der Waals surface area contributed by atoms with E-state index in [1.54, 1.807) is 18.2 Å². The van der Waals surface area contributed by atoms with Gasteiger partial charge in [0.2, 0.25) is 0 Å². The topological polar surface area (TPSA) is 116 Å². The average Bonchev–Trinajstić information content (AvgIpc) is 2.73.